The van der Waals surface area contributed by atoms with E-state index >= 15 is 0 Å². The van der Waals surface area contributed by atoms with Gasteiger partial charge in [-0.25, -0.2) is 4.98 Å². The third-order valence-electron chi connectivity index (χ3n) is 8.56. The van der Waals surface area contributed by atoms with Crippen molar-refractivity contribution < 1.29 is 70.1 Å². The van der Waals surface area contributed by atoms with Crippen molar-refractivity contribution >= 4 is 81.5 Å². The first kappa shape index (κ1) is 48.9. The number of isothiocyanates is 1. The average molecular weight is 985 g/mol. The molecule has 0 aliphatic heterocycles. The van der Waals surface area contributed by atoms with Crippen LogP contribution in [0.15, 0.2) is 93.5 Å². The molecule has 15 nitrogen and oxygen atoms in total. The third-order valence-corrected chi connectivity index (χ3v) is 9.56. The predicted octanol–water partition coefficient (Wildman–Crippen LogP) is 10.9. The fourth-order valence-electron chi connectivity index (χ4n) is 5.88. The van der Waals surface area contributed by atoms with Crippen molar-refractivity contribution in [1.29, 1.82) is 5.41 Å². The minimum Gasteiger partial charge on any atom is -0.753 e. The van der Waals surface area contributed by atoms with Crippen LogP contribution in [-0.2, 0) is 40.3 Å². The Morgan fingerprint density at radius 3 is 1.94 bits per heavy atom. The number of fused-ring (bicyclic) bond motifs is 2. The van der Waals surface area contributed by atoms with Gasteiger partial charge in [0.15, 0.2) is 11.2 Å². The Bertz CT molecular complexity index is 2660. The molecule has 7 aromatic heterocycles. The maximum Gasteiger partial charge on any atom is 2.00 e. The van der Waals surface area contributed by atoms with Crippen LogP contribution in [0, 0.1) is 5.41 Å². The van der Waals surface area contributed by atoms with Gasteiger partial charge >= 0.3 is 38.6 Å². The number of rotatable bonds is 16. The first-order valence-corrected chi connectivity index (χ1v) is 19.5. The Morgan fingerprint density at radius 2 is 1.41 bits per heavy atom. The molecular formula is C42H32F3N7O8RuS2. The van der Waals surface area contributed by atoms with Crippen molar-refractivity contribution in [2.75, 3.05) is 0 Å². The van der Waals surface area contributed by atoms with Gasteiger partial charge in [0.05, 0.1) is 11.4 Å². The molecule has 2 N–H and O–H groups in total. The zero-order valence-electron chi connectivity index (χ0n) is 32.7. The maximum atomic E-state index is 12.5. The molecule has 0 atom stereocenters. The molecule has 0 saturated heterocycles. The standard InChI is InChI=1S/C22H11N3O8.C19H21F3N3S.CNS.Ru/c26-9-29-14-7-15(19-21-12(1-3-23-19)5-17(32-21)30-10-27)25-16(8-14)20-22-13(2-4-24-20)6-18(33-22)31-11-28;1-2-3-4-5-6-13-8-10-26-18(13)14-7-9-25-16(11-14)15(23)12-17(24)19(20,21)22;2-1-3;/h1-11H;7-12,23-24H,2-6H2,1H3;;/q;2*-1;+2/b;15-12-,24-17?;;. The minimum atomic E-state index is -4.76. The number of ether oxygens (including phenoxy) is 3. The van der Waals surface area contributed by atoms with Gasteiger partial charge in [0, 0.05) is 64.2 Å². The monoisotopic (exact) mass is 985 g/mol. The van der Waals surface area contributed by atoms with Crippen molar-refractivity contribution in [3.8, 4) is 50.9 Å². The summed E-state index contributed by atoms with van der Waals surface area (Å²) in [5, 5.41) is 18.7. The van der Waals surface area contributed by atoms with Crippen LogP contribution in [0.3, 0.4) is 0 Å². The van der Waals surface area contributed by atoms with E-state index in [9.17, 15) is 27.6 Å². The molecule has 7 heterocycles. The summed E-state index contributed by atoms with van der Waals surface area (Å²) >= 11 is 5.27. The summed E-state index contributed by atoms with van der Waals surface area (Å²) in [4.78, 5) is 50.7. The molecule has 0 aromatic carbocycles. The van der Waals surface area contributed by atoms with E-state index < -0.39 is 17.6 Å². The van der Waals surface area contributed by atoms with Gasteiger partial charge in [-0.1, -0.05) is 38.4 Å². The minimum absolute atomic E-state index is 0. The number of aryl methyl sites for hydroxylation is 1. The van der Waals surface area contributed by atoms with E-state index in [1.807, 2.05) is 5.38 Å². The van der Waals surface area contributed by atoms with E-state index in [2.05, 4.69) is 45.1 Å². The van der Waals surface area contributed by atoms with Gasteiger partial charge in [-0.15, -0.1) is 17.0 Å². The number of aromatic nitrogens is 4. The van der Waals surface area contributed by atoms with Gasteiger partial charge < -0.3 is 34.2 Å². The molecule has 0 unspecified atom stereocenters. The van der Waals surface area contributed by atoms with Crippen molar-refractivity contribution in [1.82, 2.24) is 19.9 Å². The van der Waals surface area contributed by atoms with Gasteiger partial charge in [-0.05, 0) is 65.8 Å². The Balaban J connectivity index is 0.000000264. The van der Waals surface area contributed by atoms with Gasteiger partial charge in [0.1, 0.15) is 22.8 Å². The summed E-state index contributed by atoms with van der Waals surface area (Å²) in [7, 11) is 0. The van der Waals surface area contributed by atoms with E-state index in [0.29, 0.717) is 39.4 Å². The summed E-state index contributed by atoms with van der Waals surface area (Å²) in [6.07, 6.45) is 5.89. The quantitative estimate of drug-likeness (QED) is 0.0313. The summed E-state index contributed by atoms with van der Waals surface area (Å²) < 4.78 is 63.3. The van der Waals surface area contributed by atoms with Crippen LogP contribution in [0.25, 0.3) is 72.0 Å². The van der Waals surface area contributed by atoms with E-state index in [4.69, 9.17) is 39.6 Å². The number of thiophene rings is 1. The number of carbonyl (C=O) groups is 3. The molecule has 21 heteroatoms. The number of nitrogens with zero attached hydrogens (tertiary/aromatic N) is 5. The van der Waals surface area contributed by atoms with Crippen molar-refractivity contribution in [2.24, 2.45) is 0 Å². The van der Waals surface area contributed by atoms with Gasteiger partial charge in [-0.3, -0.25) is 34.7 Å². The number of thiocarbonyl (C=S) groups is 1. The number of alkyl halides is 3. The fourth-order valence-corrected chi connectivity index (χ4v) is 6.83. The normalized spacial score (nSPS) is 10.9. The van der Waals surface area contributed by atoms with Crippen molar-refractivity contribution in [3.63, 3.8) is 0 Å². The van der Waals surface area contributed by atoms with Crippen LogP contribution in [-0.4, -0.2) is 56.4 Å². The van der Waals surface area contributed by atoms with E-state index in [-0.39, 0.29) is 73.6 Å². The van der Waals surface area contributed by atoms with E-state index in [1.165, 1.54) is 72.8 Å². The van der Waals surface area contributed by atoms with Gasteiger partial charge in [-0.2, -0.15) is 18.3 Å². The summed E-state index contributed by atoms with van der Waals surface area (Å²) in [6, 6.07) is 14.9. The number of hydrogen-bond donors (Lipinski definition) is 1. The Hall–Kier alpha value is -6.79. The van der Waals surface area contributed by atoms with E-state index in [0.717, 1.165) is 23.3 Å². The van der Waals surface area contributed by atoms with Crippen molar-refractivity contribution in [2.45, 2.75) is 45.2 Å². The molecular weight excluding hydrogens is 953 g/mol. The largest absolute Gasteiger partial charge is 2.00 e. The van der Waals surface area contributed by atoms with Crippen LogP contribution in [0.2, 0.25) is 0 Å². The Morgan fingerprint density at radius 1 is 0.857 bits per heavy atom. The summed E-state index contributed by atoms with van der Waals surface area (Å²) in [6.45, 7) is 2.94. The second kappa shape index (κ2) is 23.4. The number of allylic oxidation sites excluding steroid dienone is 1. The zero-order chi connectivity index (χ0) is 44.6. The van der Waals surface area contributed by atoms with Crippen LogP contribution in [0.4, 0.5) is 13.2 Å². The number of furan rings is 2. The topological polar surface area (TPSA) is 227 Å². The number of carbonyl (C=O) groups excluding carboxylic acids is 3. The number of nitrogens with one attached hydrogen (secondary N) is 2. The van der Waals surface area contributed by atoms with Crippen LogP contribution >= 0.6 is 23.6 Å². The number of halogens is 3. The molecule has 0 aliphatic carbocycles. The molecule has 0 bridgehead atoms. The molecule has 324 valence electrons. The van der Waals surface area contributed by atoms with Gasteiger partial charge in [0.2, 0.25) is 0 Å². The molecule has 0 amide bonds. The molecule has 0 fully saturated rings. The molecule has 0 spiro atoms. The second-order valence-corrected chi connectivity index (χ2v) is 13.7. The molecule has 7 aromatic rings. The Labute approximate surface area is 378 Å². The fraction of sp³-hybridized carbons (Fsp3) is 0.167. The first-order chi connectivity index (χ1) is 29.9. The predicted molar refractivity (Wildman–Crippen MR) is 228 cm³/mol. The summed E-state index contributed by atoms with van der Waals surface area (Å²) in [5.74, 6) is 0.133. The molecule has 0 aliphatic rings. The Kier molecular flexibility index (Phi) is 18.2. The molecule has 0 saturated carbocycles. The maximum absolute atomic E-state index is 12.5. The molecule has 0 radical (unpaired) electrons. The molecule has 63 heavy (non-hydrogen) atoms. The SMILES string of the molecule is CCCCCCc1ccsc1-c1ccnc(/C([NH-])=C/C(=N)C(F)(F)F)c1.O=COc1cc(-c2nccc3cc(OC=O)oc23)nc(-c2nccc3cc(OC=O)oc23)c1.[N-]=C=S.[Ru+2]. The second-order valence-electron chi connectivity index (χ2n) is 12.6. The van der Waals surface area contributed by atoms with E-state index in [1.54, 1.807) is 35.6 Å². The van der Waals surface area contributed by atoms with Crippen molar-refractivity contribution in [3.05, 3.63) is 107 Å². The third kappa shape index (κ3) is 12.9. The van der Waals surface area contributed by atoms with Crippen LogP contribution in [0.1, 0.15) is 43.9 Å². The van der Waals surface area contributed by atoms with Gasteiger partial charge in [0.25, 0.3) is 18.4 Å². The summed E-state index contributed by atoms with van der Waals surface area (Å²) in [5.41, 5.74) is 9.83. The number of hydrogen-bond acceptors (Lipinski definition) is 15. The molecule has 7 rings (SSSR count). The first-order valence-electron chi connectivity index (χ1n) is 18.2. The number of unbranched alkanes of at least 4 members (excludes halogenated alkanes) is 3. The average Bonchev–Trinajstić information content (AvgIpc) is 4.01. The van der Waals surface area contributed by atoms with Crippen LogP contribution in [0.5, 0.6) is 17.6 Å². The smallest absolute Gasteiger partial charge is 0.753 e. The zero-order valence-corrected chi connectivity index (χ0v) is 36.0. The number of pyridine rings is 4. The van der Waals surface area contributed by atoms with Crippen LogP contribution < -0.4 is 14.2 Å².